The van der Waals surface area contributed by atoms with Gasteiger partial charge in [0.25, 0.3) is 5.56 Å². The third-order valence-electron chi connectivity index (χ3n) is 9.05. The van der Waals surface area contributed by atoms with E-state index in [9.17, 15) is 37.1 Å². The Morgan fingerprint density at radius 3 is 2.43 bits per heavy atom. The van der Waals surface area contributed by atoms with E-state index in [0.717, 1.165) is 10.8 Å². The van der Waals surface area contributed by atoms with Crippen molar-refractivity contribution in [2.75, 3.05) is 26.2 Å². The zero-order valence-electron chi connectivity index (χ0n) is 28.9. The van der Waals surface area contributed by atoms with Gasteiger partial charge in [-0.3, -0.25) is 23.9 Å². The molecule has 1 unspecified atom stereocenters. The molecule has 2 N–H and O–H groups in total. The molecule has 4 aromatic rings. The number of phenols is 1. The number of nitrogens with one attached hydrogen (secondary N) is 1. The number of carbonyl (C=O) groups excluding carboxylic acids is 2. The molecule has 1 aliphatic rings. The van der Waals surface area contributed by atoms with Crippen molar-refractivity contribution in [2.24, 2.45) is 0 Å². The molecule has 2 heterocycles. The van der Waals surface area contributed by atoms with E-state index in [0.29, 0.717) is 27.2 Å². The maximum Gasteiger partial charge on any atom is 0.416 e. The highest BCUT2D eigenvalue weighted by molar-refractivity contribution is 9.10. The van der Waals surface area contributed by atoms with Gasteiger partial charge in [-0.25, -0.2) is 8.78 Å². The first-order valence-electron chi connectivity index (χ1n) is 16.7. The van der Waals surface area contributed by atoms with E-state index in [1.54, 1.807) is 36.9 Å². The van der Waals surface area contributed by atoms with Gasteiger partial charge in [0.2, 0.25) is 5.91 Å². The number of carbonyl (C=O) groups is 2. The molecule has 282 valence electrons. The average Bonchev–Trinajstić information content (AvgIpc) is 3.06. The first-order valence-corrected chi connectivity index (χ1v) is 17.8. The number of hydrogen-bond acceptors (Lipinski definition) is 6. The Hall–Kier alpha value is -4.27. The molecule has 15 heteroatoms. The van der Waals surface area contributed by atoms with Gasteiger partial charge in [0.05, 0.1) is 24.6 Å². The summed E-state index contributed by atoms with van der Waals surface area (Å²) in [4.78, 5) is 42.7. The standard InChI is InChI=1S/C38H36BrClF5N3O5/c1-4-53-33(51)16-30(27-13-23(12-21(3)35(27)42)34-20(2)6-5-7-31(34)49)46-37(52)36(26-14-24(39)8-9-29(26)40)48-17-22(10-11-47-18-25(41)19-47)28(15-32(48)50)38(43,44)45/h5-9,12-15,17,25,30,36,49H,4,10-11,16,18-19H2,1-3H3,(H,46,52)/t30-,36?/m0/s1. The third-order valence-corrected chi connectivity index (χ3v) is 9.89. The minimum absolute atomic E-state index is 0.0134. The van der Waals surface area contributed by atoms with Crippen LogP contribution in [-0.4, -0.2) is 58.9 Å². The summed E-state index contributed by atoms with van der Waals surface area (Å²) in [5.74, 6) is -2.67. The third kappa shape index (κ3) is 9.10. The van der Waals surface area contributed by atoms with Crippen LogP contribution in [0.3, 0.4) is 0 Å². The number of hydrogen-bond donors (Lipinski definition) is 2. The molecule has 0 aliphatic carbocycles. The highest BCUT2D eigenvalue weighted by Crippen LogP contribution is 2.38. The highest BCUT2D eigenvalue weighted by atomic mass is 79.9. The second-order valence-electron chi connectivity index (χ2n) is 12.9. The molecule has 53 heavy (non-hydrogen) atoms. The minimum Gasteiger partial charge on any atom is -0.507 e. The zero-order chi connectivity index (χ0) is 38.8. The van der Waals surface area contributed by atoms with Crippen molar-refractivity contribution in [1.82, 2.24) is 14.8 Å². The van der Waals surface area contributed by atoms with Gasteiger partial charge in [0.15, 0.2) is 0 Å². The Morgan fingerprint density at radius 1 is 1.08 bits per heavy atom. The van der Waals surface area contributed by atoms with Crippen LogP contribution in [0.4, 0.5) is 22.0 Å². The number of aryl methyl sites for hydroxylation is 2. The van der Waals surface area contributed by atoms with Crippen LogP contribution >= 0.6 is 27.5 Å². The number of aromatic nitrogens is 1. The Morgan fingerprint density at radius 2 is 1.79 bits per heavy atom. The monoisotopic (exact) mass is 823 g/mol. The van der Waals surface area contributed by atoms with Gasteiger partial charge in [-0.05, 0) is 85.8 Å². The van der Waals surface area contributed by atoms with E-state index in [2.05, 4.69) is 21.2 Å². The SMILES string of the molecule is CCOC(=O)C[C@H](NC(=O)C(c1cc(Br)ccc1Cl)n1cc(CCN2CC(F)C2)c(C(F)(F)F)cc1=O)c1cc(-c2c(C)cccc2O)cc(C)c1F. The Bertz CT molecular complexity index is 2070. The second-order valence-corrected chi connectivity index (χ2v) is 14.2. The molecule has 1 aromatic heterocycles. The summed E-state index contributed by atoms with van der Waals surface area (Å²) in [6, 6.07) is 9.39. The van der Waals surface area contributed by atoms with Crippen molar-refractivity contribution >= 4 is 39.4 Å². The number of ether oxygens (including phenoxy) is 1. The molecule has 5 rings (SSSR count). The number of likely N-dealkylation sites (tertiary alicyclic amines) is 1. The number of aromatic hydroxyl groups is 1. The number of benzene rings is 3. The summed E-state index contributed by atoms with van der Waals surface area (Å²) in [5, 5.41) is 13.4. The lowest BCUT2D eigenvalue weighted by atomic mass is 9.92. The number of amides is 1. The van der Waals surface area contributed by atoms with Gasteiger partial charge >= 0.3 is 12.1 Å². The van der Waals surface area contributed by atoms with Crippen LogP contribution in [0.1, 0.15) is 58.8 Å². The average molecular weight is 825 g/mol. The fourth-order valence-corrected chi connectivity index (χ4v) is 7.06. The number of pyridine rings is 1. The summed E-state index contributed by atoms with van der Waals surface area (Å²) >= 11 is 9.89. The molecular weight excluding hydrogens is 789 g/mol. The van der Waals surface area contributed by atoms with Crippen molar-refractivity contribution in [1.29, 1.82) is 0 Å². The number of nitrogens with zero attached hydrogens (tertiary/aromatic N) is 2. The van der Waals surface area contributed by atoms with Crippen molar-refractivity contribution in [3.63, 3.8) is 0 Å². The van der Waals surface area contributed by atoms with Crippen molar-refractivity contribution < 1.29 is 41.4 Å². The fraction of sp³-hybridized carbons (Fsp3) is 0.342. The first kappa shape index (κ1) is 39.9. The molecule has 3 aromatic carbocycles. The Labute approximate surface area is 315 Å². The van der Waals surface area contributed by atoms with Gasteiger partial charge in [-0.1, -0.05) is 39.7 Å². The van der Waals surface area contributed by atoms with Gasteiger partial charge in [0.1, 0.15) is 23.8 Å². The van der Waals surface area contributed by atoms with Crippen molar-refractivity contribution in [2.45, 2.75) is 58.0 Å². The van der Waals surface area contributed by atoms with E-state index in [4.69, 9.17) is 16.3 Å². The van der Waals surface area contributed by atoms with E-state index in [-0.39, 0.29) is 65.7 Å². The molecule has 1 fully saturated rings. The fourth-order valence-electron chi connectivity index (χ4n) is 6.46. The summed E-state index contributed by atoms with van der Waals surface area (Å²) in [7, 11) is 0. The van der Waals surface area contributed by atoms with E-state index in [1.807, 2.05) is 0 Å². The van der Waals surface area contributed by atoms with Crippen LogP contribution in [0.25, 0.3) is 11.1 Å². The molecular formula is C38H36BrClF5N3O5. The quantitative estimate of drug-likeness (QED) is 0.111. The summed E-state index contributed by atoms with van der Waals surface area (Å²) in [6.45, 7) is 4.93. The highest BCUT2D eigenvalue weighted by Gasteiger charge is 2.37. The van der Waals surface area contributed by atoms with Crippen LogP contribution < -0.4 is 10.9 Å². The molecule has 0 bridgehead atoms. The smallest absolute Gasteiger partial charge is 0.416 e. The second kappa shape index (κ2) is 16.4. The van der Waals surface area contributed by atoms with Crippen LogP contribution in [0.5, 0.6) is 5.75 Å². The number of halogens is 7. The van der Waals surface area contributed by atoms with E-state index >= 15 is 4.39 Å². The van der Waals surface area contributed by atoms with Gasteiger partial charge < -0.3 is 15.2 Å². The van der Waals surface area contributed by atoms with Crippen molar-refractivity contribution in [3.8, 4) is 16.9 Å². The van der Waals surface area contributed by atoms with Crippen LogP contribution in [-0.2, 0) is 26.9 Å². The predicted molar refractivity (Wildman–Crippen MR) is 193 cm³/mol. The summed E-state index contributed by atoms with van der Waals surface area (Å²) in [6.07, 6.45) is -5.87. The lowest BCUT2D eigenvalue weighted by Gasteiger charge is -2.34. The molecule has 1 saturated heterocycles. The van der Waals surface area contributed by atoms with Crippen molar-refractivity contribution in [3.05, 3.63) is 120 Å². The summed E-state index contributed by atoms with van der Waals surface area (Å²) < 4.78 is 78.7. The number of alkyl halides is 4. The number of esters is 1. The van der Waals surface area contributed by atoms with E-state index < -0.39 is 59.7 Å². The predicted octanol–water partition coefficient (Wildman–Crippen LogP) is 8.01. The van der Waals surface area contributed by atoms with Crippen LogP contribution in [0, 0.1) is 19.7 Å². The number of phenolic OH excluding ortho intramolecular Hbond substituents is 1. The molecule has 0 radical (unpaired) electrons. The normalized spacial score (nSPS) is 14.8. The molecule has 2 atom stereocenters. The van der Waals surface area contributed by atoms with Crippen LogP contribution in [0.2, 0.25) is 5.02 Å². The minimum atomic E-state index is -4.92. The van der Waals surface area contributed by atoms with Gasteiger partial charge in [0, 0.05) is 58.1 Å². The molecule has 0 spiro atoms. The molecule has 8 nitrogen and oxygen atoms in total. The van der Waals surface area contributed by atoms with E-state index in [1.165, 1.54) is 37.3 Å². The lowest BCUT2D eigenvalue weighted by molar-refractivity contribution is -0.144. The van der Waals surface area contributed by atoms with Gasteiger partial charge in [-0.2, -0.15) is 13.2 Å². The Kier molecular flexibility index (Phi) is 12.4. The first-order chi connectivity index (χ1) is 25.0. The number of rotatable bonds is 12. The Balaban J connectivity index is 1.65. The molecule has 1 amide bonds. The maximum atomic E-state index is 16.1. The summed E-state index contributed by atoms with van der Waals surface area (Å²) in [5.41, 5.74) is -1.29. The topological polar surface area (TPSA) is 101 Å². The molecule has 1 aliphatic heterocycles. The van der Waals surface area contributed by atoms with Crippen LogP contribution in [0.15, 0.2) is 70.1 Å². The maximum absolute atomic E-state index is 16.1. The lowest BCUT2D eigenvalue weighted by Crippen LogP contribution is -2.49. The molecule has 0 saturated carbocycles. The zero-order valence-corrected chi connectivity index (χ0v) is 31.2. The largest absolute Gasteiger partial charge is 0.507 e. The van der Waals surface area contributed by atoms with Gasteiger partial charge in [-0.15, -0.1) is 0 Å².